The van der Waals surface area contributed by atoms with Crippen LogP contribution >= 0.6 is 0 Å². The Balaban J connectivity index is 1.72. The van der Waals surface area contributed by atoms with Crippen LogP contribution in [0.3, 0.4) is 0 Å². The Bertz CT molecular complexity index is 635. The summed E-state index contributed by atoms with van der Waals surface area (Å²) in [5.74, 6) is 1.14. The van der Waals surface area contributed by atoms with Gasteiger partial charge in [-0.05, 0) is 37.6 Å². The molecule has 0 amide bonds. The van der Waals surface area contributed by atoms with Crippen LogP contribution in [0.25, 0.3) is 0 Å². The van der Waals surface area contributed by atoms with E-state index in [1.165, 1.54) is 6.20 Å². The molecule has 2 aromatic rings. The van der Waals surface area contributed by atoms with Gasteiger partial charge in [0, 0.05) is 12.7 Å². The zero-order chi connectivity index (χ0) is 16.7. The molecule has 0 spiro atoms. The molecule has 6 heteroatoms. The first-order chi connectivity index (χ1) is 11.1. The van der Waals surface area contributed by atoms with Crippen molar-refractivity contribution < 1.29 is 19.0 Å². The maximum Gasteiger partial charge on any atom is 0.341 e. The summed E-state index contributed by atoms with van der Waals surface area (Å²) in [6.45, 7) is 5.05. The summed E-state index contributed by atoms with van der Waals surface area (Å²) in [7, 11) is 1.78. The number of aromatic nitrogens is 2. The highest BCUT2D eigenvalue weighted by Gasteiger charge is 2.13. The molecular weight excluding hydrogens is 296 g/mol. The van der Waals surface area contributed by atoms with Crippen molar-refractivity contribution in [2.24, 2.45) is 7.05 Å². The number of hydrogen-bond donors (Lipinski definition) is 0. The van der Waals surface area contributed by atoms with Gasteiger partial charge < -0.3 is 14.2 Å². The lowest BCUT2D eigenvalue weighted by molar-refractivity contribution is 0.0449. The second-order valence-corrected chi connectivity index (χ2v) is 5.07. The van der Waals surface area contributed by atoms with Crippen molar-refractivity contribution in [1.82, 2.24) is 9.78 Å². The lowest BCUT2D eigenvalue weighted by Gasteiger charge is -2.09. The summed E-state index contributed by atoms with van der Waals surface area (Å²) in [4.78, 5) is 11.9. The van der Waals surface area contributed by atoms with E-state index in [1.54, 1.807) is 11.7 Å². The van der Waals surface area contributed by atoms with Gasteiger partial charge in [0.05, 0.1) is 12.8 Å². The number of benzene rings is 1. The van der Waals surface area contributed by atoms with Crippen molar-refractivity contribution in [1.29, 1.82) is 0 Å². The number of rotatable bonds is 8. The minimum absolute atomic E-state index is 0.182. The van der Waals surface area contributed by atoms with E-state index in [0.29, 0.717) is 24.5 Å². The summed E-state index contributed by atoms with van der Waals surface area (Å²) in [6.07, 6.45) is 2.48. The zero-order valence-electron chi connectivity index (χ0n) is 13.7. The van der Waals surface area contributed by atoms with E-state index in [4.69, 9.17) is 14.2 Å². The third-order valence-corrected chi connectivity index (χ3v) is 3.34. The number of ether oxygens (including phenoxy) is 3. The molecule has 0 saturated carbocycles. The van der Waals surface area contributed by atoms with Crippen molar-refractivity contribution >= 4 is 5.97 Å². The Morgan fingerprint density at radius 2 is 1.70 bits per heavy atom. The molecule has 0 fully saturated rings. The molecule has 6 nitrogen and oxygen atoms in total. The van der Waals surface area contributed by atoms with Crippen LogP contribution in [-0.4, -0.2) is 35.6 Å². The molecule has 0 aliphatic carbocycles. The first kappa shape index (κ1) is 16.9. The van der Waals surface area contributed by atoms with Crippen LogP contribution in [0.4, 0.5) is 0 Å². The van der Waals surface area contributed by atoms with Crippen LogP contribution in [0.5, 0.6) is 11.5 Å². The molecule has 0 bridgehead atoms. The average Bonchev–Trinajstić information content (AvgIpc) is 2.90. The van der Waals surface area contributed by atoms with E-state index >= 15 is 0 Å². The Morgan fingerprint density at radius 1 is 1.09 bits per heavy atom. The normalized spacial score (nSPS) is 10.4. The van der Waals surface area contributed by atoms with Crippen molar-refractivity contribution in [2.75, 3.05) is 19.8 Å². The summed E-state index contributed by atoms with van der Waals surface area (Å²) < 4.78 is 17.8. The minimum Gasteiger partial charge on any atom is -0.494 e. The molecule has 0 atom stereocenters. The molecule has 23 heavy (non-hydrogen) atoms. The van der Waals surface area contributed by atoms with Gasteiger partial charge in [-0.2, -0.15) is 5.10 Å². The molecule has 2 rings (SSSR count). The third kappa shape index (κ3) is 4.74. The van der Waals surface area contributed by atoms with Crippen molar-refractivity contribution in [2.45, 2.75) is 20.3 Å². The Morgan fingerprint density at radius 3 is 2.22 bits per heavy atom. The number of hydrogen-bond acceptors (Lipinski definition) is 5. The summed E-state index contributed by atoms with van der Waals surface area (Å²) in [5, 5.41) is 4.02. The first-order valence-corrected chi connectivity index (χ1v) is 7.63. The van der Waals surface area contributed by atoms with Crippen LogP contribution in [-0.2, 0) is 11.8 Å². The molecule has 0 N–H and O–H groups in total. The van der Waals surface area contributed by atoms with E-state index in [0.717, 1.165) is 17.9 Å². The average molecular weight is 318 g/mol. The zero-order valence-corrected chi connectivity index (χ0v) is 13.7. The van der Waals surface area contributed by atoms with Gasteiger partial charge in [0.1, 0.15) is 30.3 Å². The van der Waals surface area contributed by atoms with E-state index < -0.39 is 0 Å². The van der Waals surface area contributed by atoms with E-state index in [-0.39, 0.29) is 12.6 Å². The van der Waals surface area contributed by atoms with Gasteiger partial charge in [0.2, 0.25) is 0 Å². The molecule has 0 radical (unpaired) electrons. The highest BCUT2D eigenvalue weighted by atomic mass is 16.6. The molecule has 124 valence electrons. The first-order valence-electron chi connectivity index (χ1n) is 7.63. The molecular formula is C17H22N2O4. The van der Waals surface area contributed by atoms with Gasteiger partial charge in [-0.3, -0.25) is 4.68 Å². The number of aryl methyl sites for hydroxylation is 1. The van der Waals surface area contributed by atoms with Gasteiger partial charge in [-0.25, -0.2) is 4.79 Å². The van der Waals surface area contributed by atoms with E-state index in [9.17, 15) is 4.79 Å². The maximum absolute atomic E-state index is 11.9. The lowest BCUT2D eigenvalue weighted by Crippen LogP contribution is -2.13. The van der Waals surface area contributed by atoms with Crippen molar-refractivity contribution in [3.05, 3.63) is 41.7 Å². The van der Waals surface area contributed by atoms with Crippen molar-refractivity contribution in [3.63, 3.8) is 0 Å². The van der Waals surface area contributed by atoms with Crippen LogP contribution in [0.1, 0.15) is 29.4 Å². The summed E-state index contributed by atoms with van der Waals surface area (Å²) in [6, 6.07) is 7.38. The predicted octanol–water partition coefficient (Wildman–Crippen LogP) is 2.75. The maximum atomic E-state index is 11.9. The summed E-state index contributed by atoms with van der Waals surface area (Å²) >= 11 is 0. The van der Waals surface area contributed by atoms with Gasteiger partial charge in [0.25, 0.3) is 0 Å². The second-order valence-electron chi connectivity index (χ2n) is 5.07. The van der Waals surface area contributed by atoms with Crippen LogP contribution < -0.4 is 9.47 Å². The van der Waals surface area contributed by atoms with Crippen LogP contribution in [0, 0.1) is 6.92 Å². The molecule has 1 aromatic carbocycles. The lowest BCUT2D eigenvalue weighted by atomic mass is 10.3. The van der Waals surface area contributed by atoms with Crippen molar-refractivity contribution in [3.8, 4) is 11.5 Å². The molecule has 0 aliphatic rings. The molecule has 1 aromatic heterocycles. The number of nitrogens with zero attached hydrogens (tertiary/aromatic N) is 2. The topological polar surface area (TPSA) is 62.6 Å². The molecule has 0 unspecified atom stereocenters. The number of esters is 1. The van der Waals surface area contributed by atoms with E-state index in [2.05, 4.69) is 12.0 Å². The highest BCUT2D eigenvalue weighted by molar-refractivity contribution is 5.90. The Labute approximate surface area is 136 Å². The smallest absolute Gasteiger partial charge is 0.341 e. The third-order valence-electron chi connectivity index (χ3n) is 3.34. The number of carbonyl (C=O) groups is 1. The van der Waals surface area contributed by atoms with Gasteiger partial charge in [0.15, 0.2) is 0 Å². The minimum atomic E-state index is -0.387. The van der Waals surface area contributed by atoms with Gasteiger partial charge in [-0.15, -0.1) is 0 Å². The monoisotopic (exact) mass is 318 g/mol. The summed E-state index contributed by atoms with van der Waals surface area (Å²) in [5.41, 5.74) is 1.25. The van der Waals surface area contributed by atoms with Gasteiger partial charge >= 0.3 is 5.97 Å². The fourth-order valence-corrected chi connectivity index (χ4v) is 1.92. The predicted molar refractivity (Wildman–Crippen MR) is 86.0 cm³/mol. The quantitative estimate of drug-likeness (QED) is 0.553. The Hall–Kier alpha value is -2.50. The van der Waals surface area contributed by atoms with Crippen LogP contribution in [0.15, 0.2) is 30.5 Å². The molecule has 0 aliphatic heterocycles. The Kier molecular flexibility index (Phi) is 6.02. The second kappa shape index (κ2) is 8.22. The largest absolute Gasteiger partial charge is 0.494 e. The SMILES string of the molecule is CCCOc1ccc(OCCOC(=O)c2cnn(C)c2C)cc1. The standard InChI is InChI=1S/C17H22N2O4/c1-4-9-21-14-5-7-15(8-6-14)22-10-11-23-17(20)16-12-18-19(3)13(16)2/h5-8,12H,4,9-11H2,1-3H3. The highest BCUT2D eigenvalue weighted by Crippen LogP contribution is 2.17. The van der Waals surface area contributed by atoms with Gasteiger partial charge in [-0.1, -0.05) is 6.92 Å². The van der Waals surface area contributed by atoms with E-state index in [1.807, 2.05) is 31.2 Å². The fourth-order valence-electron chi connectivity index (χ4n) is 1.92. The number of carbonyl (C=O) groups excluding carboxylic acids is 1. The molecule has 1 heterocycles. The van der Waals surface area contributed by atoms with Crippen LogP contribution in [0.2, 0.25) is 0 Å². The fraction of sp³-hybridized carbons (Fsp3) is 0.412. The molecule has 0 saturated heterocycles.